The molecule has 2 aromatic heterocycles. The molecule has 0 aromatic carbocycles. The van der Waals surface area contributed by atoms with Gasteiger partial charge in [0.2, 0.25) is 5.51 Å². The third kappa shape index (κ3) is 2.44. The molecule has 0 radical (unpaired) electrons. The number of rotatable bonds is 3. The molecule has 2 rings (SSSR count). The van der Waals surface area contributed by atoms with Crippen LogP contribution in [0, 0.1) is 13.8 Å². The number of hydrogen-bond donors (Lipinski definition) is 1. The molecule has 0 saturated heterocycles. The Morgan fingerprint density at radius 2 is 2.18 bits per heavy atom. The molecule has 5 heteroatoms. The summed E-state index contributed by atoms with van der Waals surface area (Å²) in [6, 6.07) is 0. The van der Waals surface area contributed by atoms with Crippen LogP contribution in [0.3, 0.4) is 0 Å². The number of nitrogen functional groups attached to an aromatic ring is 1. The number of anilines is 1. The lowest BCUT2D eigenvalue weighted by Gasteiger charge is -2.02. The SMILES string of the molecule is CCc1ncc(C[n+]2csc(C)c2C)c(N)n1. The monoisotopic (exact) mass is 249 g/mol. The molecule has 0 aliphatic heterocycles. The van der Waals surface area contributed by atoms with Gasteiger partial charge in [-0.15, -0.1) is 0 Å². The molecule has 0 fully saturated rings. The molecular weight excluding hydrogens is 232 g/mol. The van der Waals surface area contributed by atoms with Gasteiger partial charge in [-0.3, -0.25) is 0 Å². The van der Waals surface area contributed by atoms with Crippen molar-refractivity contribution in [2.45, 2.75) is 33.7 Å². The van der Waals surface area contributed by atoms with Crippen LogP contribution < -0.4 is 10.3 Å². The zero-order valence-electron chi connectivity index (χ0n) is 10.4. The molecule has 0 spiro atoms. The van der Waals surface area contributed by atoms with Crippen LogP contribution in [0.25, 0.3) is 0 Å². The molecule has 4 nitrogen and oxygen atoms in total. The Morgan fingerprint density at radius 1 is 1.41 bits per heavy atom. The molecule has 0 bridgehead atoms. The van der Waals surface area contributed by atoms with Gasteiger partial charge in [0.15, 0.2) is 12.2 Å². The van der Waals surface area contributed by atoms with E-state index in [0.717, 1.165) is 24.4 Å². The average molecular weight is 249 g/mol. The van der Waals surface area contributed by atoms with E-state index in [2.05, 4.69) is 33.9 Å². The lowest BCUT2D eigenvalue weighted by molar-refractivity contribution is -0.689. The summed E-state index contributed by atoms with van der Waals surface area (Å²) in [5.74, 6) is 1.39. The molecule has 0 aliphatic carbocycles. The van der Waals surface area contributed by atoms with Gasteiger partial charge in [0.1, 0.15) is 11.6 Å². The summed E-state index contributed by atoms with van der Waals surface area (Å²) in [5, 5.41) is 0. The predicted octanol–water partition coefficient (Wildman–Crippen LogP) is 1.64. The van der Waals surface area contributed by atoms with Crippen molar-refractivity contribution in [1.29, 1.82) is 0 Å². The topological polar surface area (TPSA) is 55.7 Å². The fourth-order valence-electron chi connectivity index (χ4n) is 1.60. The summed E-state index contributed by atoms with van der Waals surface area (Å²) in [7, 11) is 0. The Labute approximate surface area is 105 Å². The van der Waals surface area contributed by atoms with Crippen molar-refractivity contribution in [3.63, 3.8) is 0 Å². The first-order valence-corrected chi connectivity index (χ1v) is 6.54. The van der Waals surface area contributed by atoms with Crippen LogP contribution in [0.4, 0.5) is 5.82 Å². The largest absolute Gasteiger partial charge is 0.383 e. The minimum atomic E-state index is 0.590. The maximum Gasteiger partial charge on any atom is 0.225 e. The smallest absolute Gasteiger partial charge is 0.225 e. The zero-order valence-corrected chi connectivity index (χ0v) is 11.2. The van der Waals surface area contributed by atoms with Crippen LogP contribution in [-0.4, -0.2) is 9.97 Å². The van der Waals surface area contributed by atoms with E-state index in [-0.39, 0.29) is 0 Å². The third-order valence-electron chi connectivity index (χ3n) is 2.90. The normalized spacial score (nSPS) is 10.8. The van der Waals surface area contributed by atoms with Crippen LogP contribution in [-0.2, 0) is 13.0 Å². The number of thiazole rings is 1. The van der Waals surface area contributed by atoms with E-state index in [1.54, 1.807) is 11.3 Å². The van der Waals surface area contributed by atoms with Crippen molar-refractivity contribution in [2.24, 2.45) is 0 Å². The van der Waals surface area contributed by atoms with Crippen molar-refractivity contribution in [3.05, 3.63) is 33.7 Å². The first kappa shape index (κ1) is 12.0. The van der Waals surface area contributed by atoms with E-state index >= 15 is 0 Å². The third-order valence-corrected chi connectivity index (χ3v) is 3.91. The maximum absolute atomic E-state index is 5.94. The van der Waals surface area contributed by atoms with Gasteiger partial charge in [0, 0.05) is 19.5 Å². The van der Waals surface area contributed by atoms with E-state index in [0.29, 0.717) is 5.82 Å². The summed E-state index contributed by atoms with van der Waals surface area (Å²) < 4.78 is 2.18. The quantitative estimate of drug-likeness (QED) is 0.841. The molecule has 0 unspecified atom stereocenters. The summed E-state index contributed by atoms with van der Waals surface area (Å²) in [6.07, 6.45) is 2.65. The Kier molecular flexibility index (Phi) is 3.38. The molecule has 0 saturated carbocycles. The number of nitrogens with zero attached hydrogens (tertiary/aromatic N) is 3. The highest BCUT2D eigenvalue weighted by Crippen LogP contribution is 2.11. The molecule has 0 atom stereocenters. The first-order valence-electron chi connectivity index (χ1n) is 5.66. The Bertz CT molecular complexity index is 533. The number of aryl methyl sites for hydroxylation is 2. The standard InChI is InChI=1S/C12H17N4S/c1-4-11-14-5-10(12(13)15-11)6-16-7-17-9(3)8(16)2/h5,7H,4,6H2,1-3H3,(H2,13,14,15)/q+1. The van der Waals surface area contributed by atoms with Gasteiger partial charge in [-0.1, -0.05) is 18.3 Å². The van der Waals surface area contributed by atoms with Crippen molar-refractivity contribution < 1.29 is 4.57 Å². The molecule has 17 heavy (non-hydrogen) atoms. The second-order valence-corrected chi connectivity index (χ2v) is 5.10. The van der Waals surface area contributed by atoms with Crippen molar-refractivity contribution >= 4 is 17.2 Å². The lowest BCUT2D eigenvalue weighted by Crippen LogP contribution is -2.35. The summed E-state index contributed by atoms with van der Waals surface area (Å²) in [5.41, 5.74) is 10.3. The van der Waals surface area contributed by atoms with E-state index in [9.17, 15) is 0 Å². The summed E-state index contributed by atoms with van der Waals surface area (Å²) in [4.78, 5) is 9.90. The van der Waals surface area contributed by atoms with Crippen LogP contribution in [0.1, 0.15) is 28.9 Å². The van der Waals surface area contributed by atoms with Gasteiger partial charge in [-0.25, -0.2) is 9.97 Å². The van der Waals surface area contributed by atoms with Gasteiger partial charge < -0.3 is 5.73 Å². The van der Waals surface area contributed by atoms with E-state index in [1.807, 2.05) is 13.1 Å². The Morgan fingerprint density at radius 3 is 2.71 bits per heavy atom. The highest BCUT2D eigenvalue weighted by molar-refractivity contribution is 7.09. The van der Waals surface area contributed by atoms with Gasteiger partial charge in [-0.2, -0.15) is 4.57 Å². The highest BCUT2D eigenvalue weighted by atomic mass is 32.1. The van der Waals surface area contributed by atoms with E-state index in [1.165, 1.54) is 10.6 Å². The fraction of sp³-hybridized carbons (Fsp3) is 0.417. The molecule has 0 aliphatic rings. The predicted molar refractivity (Wildman–Crippen MR) is 68.9 cm³/mol. The molecule has 2 N–H and O–H groups in total. The van der Waals surface area contributed by atoms with Crippen LogP contribution in [0.5, 0.6) is 0 Å². The minimum Gasteiger partial charge on any atom is -0.383 e. The second kappa shape index (κ2) is 4.79. The van der Waals surface area contributed by atoms with Crippen LogP contribution in [0.2, 0.25) is 0 Å². The number of aromatic nitrogens is 3. The minimum absolute atomic E-state index is 0.590. The summed E-state index contributed by atoms with van der Waals surface area (Å²) >= 11 is 1.75. The average Bonchev–Trinajstić information content (AvgIpc) is 2.63. The van der Waals surface area contributed by atoms with E-state index in [4.69, 9.17) is 5.73 Å². The van der Waals surface area contributed by atoms with Gasteiger partial charge >= 0.3 is 0 Å². The lowest BCUT2D eigenvalue weighted by atomic mass is 10.3. The molecule has 0 amide bonds. The van der Waals surface area contributed by atoms with E-state index < -0.39 is 0 Å². The van der Waals surface area contributed by atoms with Gasteiger partial charge in [0.25, 0.3) is 0 Å². The van der Waals surface area contributed by atoms with Gasteiger partial charge in [-0.05, 0) is 6.92 Å². The zero-order chi connectivity index (χ0) is 12.4. The Hall–Kier alpha value is -1.49. The first-order chi connectivity index (χ1) is 8.11. The van der Waals surface area contributed by atoms with Crippen LogP contribution in [0.15, 0.2) is 11.7 Å². The Balaban J connectivity index is 2.27. The number of nitrogens with two attached hydrogens (primary N) is 1. The molecular formula is C12H17N4S+. The van der Waals surface area contributed by atoms with Gasteiger partial charge in [0.05, 0.1) is 10.4 Å². The second-order valence-electron chi connectivity index (χ2n) is 4.04. The maximum atomic E-state index is 5.94. The molecule has 2 aromatic rings. The fourth-order valence-corrected chi connectivity index (χ4v) is 2.40. The van der Waals surface area contributed by atoms with Crippen LogP contribution >= 0.6 is 11.3 Å². The van der Waals surface area contributed by atoms with Crippen molar-refractivity contribution in [2.75, 3.05) is 5.73 Å². The number of hydrogen-bond acceptors (Lipinski definition) is 4. The van der Waals surface area contributed by atoms with Crippen molar-refractivity contribution in [3.8, 4) is 0 Å². The van der Waals surface area contributed by atoms with Crippen molar-refractivity contribution in [1.82, 2.24) is 9.97 Å². The summed E-state index contributed by atoms with van der Waals surface area (Å²) in [6.45, 7) is 7.00. The molecule has 90 valence electrons. The molecule has 2 heterocycles. The highest BCUT2D eigenvalue weighted by Gasteiger charge is 2.15.